The first-order valence-electron chi connectivity index (χ1n) is 7.94. The van der Waals surface area contributed by atoms with Crippen LogP contribution in [0.5, 0.6) is 0 Å². The van der Waals surface area contributed by atoms with Crippen LogP contribution in [0.2, 0.25) is 0 Å². The fourth-order valence-corrected chi connectivity index (χ4v) is 3.09. The second-order valence-corrected chi connectivity index (χ2v) is 5.92. The first kappa shape index (κ1) is 15.8. The summed E-state index contributed by atoms with van der Waals surface area (Å²) in [4.78, 5) is 12.3. The summed E-state index contributed by atoms with van der Waals surface area (Å²) in [5, 5.41) is 5.92. The van der Waals surface area contributed by atoms with Crippen LogP contribution < -0.4 is 10.6 Å². The smallest absolute Gasteiger partial charge is 0.253 e. The van der Waals surface area contributed by atoms with Crippen LogP contribution in [0.15, 0.2) is 18.2 Å². The van der Waals surface area contributed by atoms with Gasteiger partial charge in [-0.2, -0.15) is 0 Å². The summed E-state index contributed by atoms with van der Waals surface area (Å²) in [6.45, 7) is 5.41. The molecule has 1 fully saturated rings. The number of rotatable bonds is 5. The van der Waals surface area contributed by atoms with E-state index in [1.165, 1.54) is 31.7 Å². The minimum Gasteiger partial charge on any atom is -0.382 e. The van der Waals surface area contributed by atoms with E-state index < -0.39 is 0 Å². The van der Waals surface area contributed by atoms with Crippen molar-refractivity contribution in [1.29, 1.82) is 0 Å². The van der Waals surface area contributed by atoms with Gasteiger partial charge in [0, 0.05) is 13.1 Å². The van der Waals surface area contributed by atoms with Crippen LogP contribution in [0, 0.1) is 17.7 Å². The number of carbonyl (C=O) groups is 1. The molecule has 1 amide bonds. The van der Waals surface area contributed by atoms with Crippen molar-refractivity contribution in [3.05, 3.63) is 29.6 Å². The van der Waals surface area contributed by atoms with Crippen molar-refractivity contribution >= 4 is 11.6 Å². The summed E-state index contributed by atoms with van der Waals surface area (Å²) >= 11 is 0. The normalized spacial score (nSPS) is 21.9. The predicted molar refractivity (Wildman–Crippen MR) is 84.0 cm³/mol. The SMILES string of the molecule is CCNc1c(F)cccc1C(=O)NCC1CCCCC1C. The molecule has 0 aromatic heterocycles. The van der Waals surface area contributed by atoms with E-state index in [9.17, 15) is 9.18 Å². The Hall–Kier alpha value is -1.58. The van der Waals surface area contributed by atoms with Crippen LogP contribution in [-0.4, -0.2) is 19.0 Å². The highest BCUT2D eigenvalue weighted by Crippen LogP contribution is 2.29. The van der Waals surface area contributed by atoms with Crippen molar-refractivity contribution in [1.82, 2.24) is 5.32 Å². The average Bonchev–Trinajstić information content (AvgIpc) is 2.48. The largest absolute Gasteiger partial charge is 0.382 e. The molecule has 0 spiro atoms. The molecule has 0 heterocycles. The monoisotopic (exact) mass is 292 g/mol. The highest BCUT2D eigenvalue weighted by Gasteiger charge is 2.22. The Morgan fingerprint density at radius 1 is 1.33 bits per heavy atom. The highest BCUT2D eigenvalue weighted by atomic mass is 19.1. The highest BCUT2D eigenvalue weighted by molar-refractivity contribution is 5.99. The molecule has 0 bridgehead atoms. The molecule has 21 heavy (non-hydrogen) atoms. The number of anilines is 1. The zero-order valence-electron chi connectivity index (χ0n) is 12.9. The van der Waals surface area contributed by atoms with Crippen molar-refractivity contribution in [2.24, 2.45) is 11.8 Å². The summed E-state index contributed by atoms with van der Waals surface area (Å²) in [5.74, 6) is 0.623. The first-order chi connectivity index (χ1) is 10.1. The van der Waals surface area contributed by atoms with Gasteiger partial charge in [0.2, 0.25) is 0 Å². The van der Waals surface area contributed by atoms with Gasteiger partial charge in [-0.05, 0) is 37.3 Å². The molecule has 1 aliphatic carbocycles. The third kappa shape index (κ3) is 3.96. The van der Waals surface area contributed by atoms with Gasteiger partial charge < -0.3 is 10.6 Å². The molecular weight excluding hydrogens is 267 g/mol. The van der Waals surface area contributed by atoms with E-state index in [1.807, 2.05) is 6.92 Å². The van der Waals surface area contributed by atoms with Crippen LogP contribution in [0.4, 0.5) is 10.1 Å². The van der Waals surface area contributed by atoms with Gasteiger partial charge in [-0.25, -0.2) is 4.39 Å². The maximum absolute atomic E-state index is 13.8. The van der Waals surface area contributed by atoms with Gasteiger partial charge >= 0.3 is 0 Å². The van der Waals surface area contributed by atoms with Crippen LogP contribution in [0.25, 0.3) is 0 Å². The Morgan fingerprint density at radius 2 is 2.10 bits per heavy atom. The van der Waals surface area contributed by atoms with Crippen LogP contribution in [0.3, 0.4) is 0 Å². The van der Waals surface area contributed by atoms with Gasteiger partial charge in [0.15, 0.2) is 0 Å². The molecule has 3 nitrogen and oxygen atoms in total. The van der Waals surface area contributed by atoms with Crippen molar-refractivity contribution in [3.8, 4) is 0 Å². The molecule has 1 aromatic carbocycles. The molecule has 116 valence electrons. The first-order valence-corrected chi connectivity index (χ1v) is 7.94. The number of carbonyl (C=O) groups excluding carboxylic acids is 1. The summed E-state index contributed by atoms with van der Waals surface area (Å²) in [7, 11) is 0. The van der Waals surface area contributed by atoms with Gasteiger partial charge in [0.25, 0.3) is 5.91 Å². The van der Waals surface area contributed by atoms with Gasteiger partial charge in [0.1, 0.15) is 5.82 Å². The topological polar surface area (TPSA) is 41.1 Å². The molecule has 2 unspecified atom stereocenters. The Balaban J connectivity index is 2.01. The maximum Gasteiger partial charge on any atom is 0.253 e. The van der Waals surface area contributed by atoms with Gasteiger partial charge in [-0.15, -0.1) is 0 Å². The van der Waals surface area contributed by atoms with Crippen molar-refractivity contribution < 1.29 is 9.18 Å². The zero-order chi connectivity index (χ0) is 15.2. The zero-order valence-corrected chi connectivity index (χ0v) is 12.9. The third-order valence-corrected chi connectivity index (χ3v) is 4.43. The summed E-state index contributed by atoms with van der Waals surface area (Å²) in [6, 6.07) is 4.62. The van der Waals surface area contributed by atoms with E-state index in [0.29, 0.717) is 36.2 Å². The minimum atomic E-state index is -0.379. The lowest BCUT2D eigenvalue weighted by Gasteiger charge is -2.28. The van der Waals surface area contributed by atoms with E-state index in [1.54, 1.807) is 12.1 Å². The lowest BCUT2D eigenvalue weighted by molar-refractivity contribution is 0.0937. The second kappa shape index (κ2) is 7.43. The van der Waals surface area contributed by atoms with Crippen molar-refractivity contribution in [2.75, 3.05) is 18.4 Å². The minimum absolute atomic E-state index is 0.191. The Bertz CT molecular complexity index is 490. The van der Waals surface area contributed by atoms with E-state index in [4.69, 9.17) is 0 Å². The molecule has 0 aliphatic heterocycles. The van der Waals surface area contributed by atoms with Gasteiger partial charge in [0.05, 0.1) is 11.3 Å². The lowest BCUT2D eigenvalue weighted by Crippen LogP contribution is -2.33. The summed E-state index contributed by atoms with van der Waals surface area (Å²) in [5.41, 5.74) is 0.689. The standard InChI is InChI=1S/C17H25FN2O/c1-3-19-16-14(9-6-10-15(16)18)17(21)20-11-13-8-5-4-7-12(13)2/h6,9-10,12-13,19H,3-5,7-8,11H2,1-2H3,(H,20,21). The van der Waals surface area contributed by atoms with Gasteiger partial charge in [-0.3, -0.25) is 4.79 Å². The number of amides is 1. The molecule has 2 N–H and O–H groups in total. The Kier molecular flexibility index (Phi) is 5.59. The number of halogens is 1. The summed E-state index contributed by atoms with van der Waals surface area (Å²) < 4.78 is 13.8. The molecular formula is C17H25FN2O. The molecule has 4 heteroatoms. The fourth-order valence-electron chi connectivity index (χ4n) is 3.09. The molecule has 1 aliphatic rings. The van der Waals surface area contributed by atoms with E-state index in [2.05, 4.69) is 17.6 Å². The second-order valence-electron chi connectivity index (χ2n) is 5.92. The van der Waals surface area contributed by atoms with Crippen molar-refractivity contribution in [3.63, 3.8) is 0 Å². The van der Waals surface area contributed by atoms with E-state index >= 15 is 0 Å². The number of benzene rings is 1. The van der Waals surface area contributed by atoms with E-state index in [0.717, 1.165) is 0 Å². The Morgan fingerprint density at radius 3 is 2.81 bits per heavy atom. The van der Waals surface area contributed by atoms with Crippen molar-refractivity contribution in [2.45, 2.75) is 39.5 Å². The number of para-hydroxylation sites is 1. The average molecular weight is 292 g/mol. The number of hydrogen-bond donors (Lipinski definition) is 2. The molecule has 1 saturated carbocycles. The quantitative estimate of drug-likeness (QED) is 0.866. The van der Waals surface area contributed by atoms with Gasteiger partial charge in [-0.1, -0.05) is 32.3 Å². The lowest BCUT2D eigenvalue weighted by atomic mass is 9.80. The third-order valence-electron chi connectivity index (χ3n) is 4.43. The van der Waals surface area contributed by atoms with Crippen LogP contribution in [-0.2, 0) is 0 Å². The molecule has 2 rings (SSSR count). The maximum atomic E-state index is 13.8. The van der Waals surface area contributed by atoms with Crippen LogP contribution >= 0.6 is 0 Å². The Labute approximate surface area is 126 Å². The molecule has 0 radical (unpaired) electrons. The number of nitrogens with one attached hydrogen (secondary N) is 2. The van der Waals surface area contributed by atoms with Crippen LogP contribution in [0.1, 0.15) is 49.9 Å². The predicted octanol–water partition coefficient (Wildman–Crippen LogP) is 3.81. The molecule has 2 atom stereocenters. The molecule has 0 saturated heterocycles. The van der Waals surface area contributed by atoms with E-state index in [-0.39, 0.29) is 11.7 Å². The summed E-state index contributed by atoms with van der Waals surface area (Å²) in [6.07, 6.45) is 4.95. The molecule has 1 aromatic rings. The fraction of sp³-hybridized carbons (Fsp3) is 0.588. The number of hydrogen-bond acceptors (Lipinski definition) is 2.